The molecule has 0 aliphatic heterocycles. The number of rotatable bonds is 3. The summed E-state index contributed by atoms with van der Waals surface area (Å²) in [7, 11) is 0. The van der Waals surface area contributed by atoms with E-state index in [4.69, 9.17) is 0 Å². The van der Waals surface area contributed by atoms with Crippen molar-refractivity contribution < 1.29 is 0 Å². The van der Waals surface area contributed by atoms with Crippen molar-refractivity contribution in [2.45, 2.75) is 62.3 Å². The SMILES string of the molecule is CSC1CCCC1NC1CCCC1. The third-order valence-electron chi connectivity index (χ3n) is 3.56. The minimum Gasteiger partial charge on any atom is -0.310 e. The highest BCUT2D eigenvalue weighted by Crippen LogP contribution is 2.30. The minimum atomic E-state index is 0.832. The van der Waals surface area contributed by atoms with E-state index in [0.717, 1.165) is 17.3 Å². The van der Waals surface area contributed by atoms with Crippen LogP contribution < -0.4 is 5.32 Å². The monoisotopic (exact) mass is 199 g/mol. The Labute approximate surface area is 86.0 Å². The van der Waals surface area contributed by atoms with Gasteiger partial charge in [-0.05, 0) is 31.9 Å². The fraction of sp³-hybridized carbons (Fsp3) is 1.00. The third kappa shape index (κ3) is 2.41. The lowest BCUT2D eigenvalue weighted by molar-refractivity contribution is 0.440. The number of hydrogen-bond donors (Lipinski definition) is 1. The Kier molecular flexibility index (Phi) is 3.56. The molecule has 0 aromatic heterocycles. The molecule has 2 atom stereocenters. The van der Waals surface area contributed by atoms with Crippen molar-refractivity contribution in [2.24, 2.45) is 0 Å². The summed E-state index contributed by atoms with van der Waals surface area (Å²) < 4.78 is 0. The largest absolute Gasteiger partial charge is 0.310 e. The fourth-order valence-corrected chi connectivity index (χ4v) is 3.74. The smallest absolute Gasteiger partial charge is 0.0198 e. The Morgan fingerprint density at radius 1 is 1.00 bits per heavy atom. The van der Waals surface area contributed by atoms with Crippen LogP contribution in [-0.4, -0.2) is 23.6 Å². The minimum absolute atomic E-state index is 0.832. The van der Waals surface area contributed by atoms with E-state index >= 15 is 0 Å². The quantitative estimate of drug-likeness (QED) is 0.750. The molecule has 2 unspecified atom stereocenters. The van der Waals surface area contributed by atoms with Gasteiger partial charge in [-0.25, -0.2) is 0 Å². The van der Waals surface area contributed by atoms with Crippen LogP contribution in [0, 0.1) is 0 Å². The Morgan fingerprint density at radius 3 is 2.46 bits per heavy atom. The average molecular weight is 199 g/mol. The summed E-state index contributed by atoms with van der Waals surface area (Å²) in [6.45, 7) is 0. The molecule has 0 saturated heterocycles. The van der Waals surface area contributed by atoms with Gasteiger partial charge < -0.3 is 5.32 Å². The van der Waals surface area contributed by atoms with Crippen molar-refractivity contribution in [3.8, 4) is 0 Å². The number of hydrogen-bond acceptors (Lipinski definition) is 2. The molecule has 0 aromatic rings. The average Bonchev–Trinajstić information content (AvgIpc) is 2.76. The van der Waals surface area contributed by atoms with E-state index in [2.05, 4.69) is 23.3 Å². The second-order valence-electron chi connectivity index (χ2n) is 4.46. The highest BCUT2D eigenvalue weighted by Gasteiger charge is 2.28. The maximum absolute atomic E-state index is 3.86. The molecule has 13 heavy (non-hydrogen) atoms. The molecule has 2 saturated carbocycles. The van der Waals surface area contributed by atoms with Gasteiger partial charge in [0, 0.05) is 17.3 Å². The van der Waals surface area contributed by atoms with Gasteiger partial charge in [-0.3, -0.25) is 0 Å². The van der Waals surface area contributed by atoms with Crippen molar-refractivity contribution in [1.82, 2.24) is 5.32 Å². The van der Waals surface area contributed by atoms with Gasteiger partial charge in [0.05, 0.1) is 0 Å². The van der Waals surface area contributed by atoms with Gasteiger partial charge in [0.15, 0.2) is 0 Å². The lowest BCUT2D eigenvalue weighted by atomic mass is 10.2. The van der Waals surface area contributed by atoms with Crippen LogP contribution in [0.2, 0.25) is 0 Å². The highest BCUT2D eigenvalue weighted by molar-refractivity contribution is 7.99. The summed E-state index contributed by atoms with van der Waals surface area (Å²) in [6, 6.07) is 1.69. The van der Waals surface area contributed by atoms with E-state index in [1.54, 1.807) is 0 Å². The van der Waals surface area contributed by atoms with Gasteiger partial charge in [-0.2, -0.15) is 11.8 Å². The van der Waals surface area contributed by atoms with Gasteiger partial charge in [0.2, 0.25) is 0 Å². The summed E-state index contributed by atoms with van der Waals surface area (Å²) in [6.07, 6.45) is 12.3. The van der Waals surface area contributed by atoms with E-state index in [1.165, 1.54) is 44.9 Å². The summed E-state index contributed by atoms with van der Waals surface area (Å²) in [5, 5.41) is 4.76. The van der Waals surface area contributed by atoms with Crippen molar-refractivity contribution in [3.63, 3.8) is 0 Å². The summed E-state index contributed by atoms with van der Waals surface area (Å²) in [5.74, 6) is 0. The molecule has 2 heteroatoms. The molecule has 1 nitrogen and oxygen atoms in total. The van der Waals surface area contributed by atoms with Crippen LogP contribution in [0.15, 0.2) is 0 Å². The lowest BCUT2D eigenvalue weighted by Gasteiger charge is -2.23. The maximum Gasteiger partial charge on any atom is 0.0198 e. The first-order chi connectivity index (χ1) is 6.40. The topological polar surface area (TPSA) is 12.0 Å². The van der Waals surface area contributed by atoms with Crippen LogP contribution in [0.4, 0.5) is 0 Å². The van der Waals surface area contributed by atoms with Gasteiger partial charge in [0.25, 0.3) is 0 Å². The van der Waals surface area contributed by atoms with E-state index in [0.29, 0.717) is 0 Å². The van der Waals surface area contributed by atoms with Crippen LogP contribution in [0.3, 0.4) is 0 Å². The fourth-order valence-electron chi connectivity index (χ4n) is 2.79. The number of nitrogens with one attached hydrogen (secondary N) is 1. The van der Waals surface area contributed by atoms with E-state index in [-0.39, 0.29) is 0 Å². The maximum atomic E-state index is 3.86. The molecule has 0 heterocycles. The Balaban J connectivity index is 1.79. The van der Waals surface area contributed by atoms with E-state index in [1.807, 2.05) is 0 Å². The zero-order chi connectivity index (χ0) is 9.10. The summed E-state index contributed by atoms with van der Waals surface area (Å²) >= 11 is 2.06. The van der Waals surface area contributed by atoms with Crippen molar-refractivity contribution in [2.75, 3.05) is 6.26 Å². The molecule has 0 spiro atoms. The van der Waals surface area contributed by atoms with Crippen LogP contribution in [0.5, 0.6) is 0 Å². The Hall–Kier alpha value is 0.310. The summed E-state index contributed by atoms with van der Waals surface area (Å²) in [5.41, 5.74) is 0. The molecule has 0 amide bonds. The first-order valence-electron chi connectivity index (χ1n) is 5.69. The second-order valence-corrected chi connectivity index (χ2v) is 5.54. The highest BCUT2D eigenvalue weighted by atomic mass is 32.2. The molecule has 2 aliphatic carbocycles. The van der Waals surface area contributed by atoms with Crippen molar-refractivity contribution >= 4 is 11.8 Å². The molecule has 0 radical (unpaired) electrons. The Morgan fingerprint density at radius 2 is 1.77 bits per heavy atom. The summed E-state index contributed by atoms with van der Waals surface area (Å²) in [4.78, 5) is 0. The van der Waals surface area contributed by atoms with Crippen molar-refractivity contribution in [1.29, 1.82) is 0 Å². The molecular formula is C11H21NS. The predicted molar refractivity (Wildman–Crippen MR) is 60.3 cm³/mol. The molecule has 1 N–H and O–H groups in total. The zero-order valence-electron chi connectivity index (χ0n) is 8.59. The van der Waals surface area contributed by atoms with Gasteiger partial charge in [-0.15, -0.1) is 0 Å². The number of thioether (sulfide) groups is 1. The van der Waals surface area contributed by atoms with Crippen LogP contribution in [0.1, 0.15) is 44.9 Å². The molecule has 2 fully saturated rings. The van der Waals surface area contributed by atoms with E-state index < -0.39 is 0 Å². The molecular weight excluding hydrogens is 178 g/mol. The predicted octanol–water partition coefficient (Wildman–Crippen LogP) is 2.80. The lowest BCUT2D eigenvalue weighted by Crippen LogP contribution is -2.40. The zero-order valence-corrected chi connectivity index (χ0v) is 9.41. The molecule has 0 bridgehead atoms. The molecule has 2 rings (SSSR count). The standard InChI is InChI=1S/C11H21NS/c1-13-11-8-4-7-10(11)12-9-5-2-3-6-9/h9-12H,2-8H2,1H3. The Bertz CT molecular complexity index is 154. The second kappa shape index (κ2) is 4.70. The first kappa shape index (κ1) is 9.85. The third-order valence-corrected chi connectivity index (χ3v) is 4.73. The molecule has 2 aliphatic rings. The van der Waals surface area contributed by atoms with E-state index in [9.17, 15) is 0 Å². The normalized spacial score (nSPS) is 35.8. The van der Waals surface area contributed by atoms with Gasteiger partial charge in [0.1, 0.15) is 0 Å². The molecule has 76 valence electrons. The molecule has 0 aromatic carbocycles. The van der Waals surface area contributed by atoms with Crippen LogP contribution >= 0.6 is 11.8 Å². The van der Waals surface area contributed by atoms with Gasteiger partial charge >= 0.3 is 0 Å². The van der Waals surface area contributed by atoms with Gasteiger partial charge in [-0.1, -0.05) is 19.3 Å². The van der Waals surface area contributed by atoms with Crippen LogP contribution in [-0.2, 0) is 0 Å². The first-order valence-corrected chi connectivity index (χ1v) is 6.98. The van der Waals surface area contributed by atoms with Crippen LogP contribution in [0.25, 0.3) is 0 Å². The van der Waals surface area contributed by atoms with Crippen molar-refractivity contribution in [3.05, 3.63) is 0 Å².